The zero-order valence-electron chi connectivity index (χ0n) is 8.99. The third-order valence-electron chi connectivity index (χ3n) is 2.09. The summed E-state index contributed by atoms with van der Waals surface area (Å²) >= 11 is 0. The fourth-order valence-corrected chi connectivity index (χ4v) is 1.19. The van der Waals surface area contributed by atoms with E-state index in [1.54, 1.807) is 0 Å². The van der Waals surface area contributed by atoms with Crippen LogP contribution in [0, 0.1) is 11.6 Å². The van der Waals surface area contributed by atoms with E-state index in [0.29, 0.717) is 5.56 Å². The van der Waals surface area contributed by atoms with Gasteiger partial charge in [0.05, 0.1) is 19.1 Å². The molecule has 1 unspecified atom stereocenters. The van der Waals surface area contributed by atoms with Crippen molar-refractivity contribution in [2.24, 2.45) is 0 Å². The number of hydrogen-bond donors (Lipinski definition) is 3. The normalized spacial score (nSPS) is 12.2. The Labute approximate surface area is 96.9 Å². The summed E-state index contributed by atoms with van der Waals surface area (Å²) in [7, 11) is 0. The van der Waals surface area contributed by atoms with E-state index in [9.17, 15) is 13.6 Å². The molecule has 0 bridgehead atoms. The second-order valence-corrected chi connectivity index (χ2v) is 3.57. The molecule has 0 radical (unpaired) electrons. The van der Waals surface area contributed by atoms with Crippen molar-refractivity contribution in [3.63, 3.8) is 0 Å². The fraction of sp³-hybridized carbons (Fsp3) is 0.364. The van der Waals surface area contributed by atoms with Gasteiger partial charge in [0.1, 0.15) is 0 Å². The highest BCUT2D eigenvalue weighted by molar-refractivity contribution is 5.78. The van der Waals surface area contributed by atoms with Gasteiger partial charge in [-0.15, -0.1) is 0 Å². The minimum atomic E-state index is -1.02. The molecule has 0 saturated heterocycles. The summed E-state index contributed by atoms with van der Waals surface area (Å²) in [4.78, 5) is 11.3. The molecule has 0 aliphatic carbocycles. The molecule has 1 aromatic carbocycles. The maximum absolute atomic E-state index is 12.8. The highest BCUT2D eigenvalue weighted by atomic mass is 19.2. The number of benzene rings is 1. The van der Waals surface area contributed by atoms with Gasteiger partial charge in [-0.1, -0.05) is 6.07 Å². The van der Waals surface area contributed by atoms with Crippen molar-refractivity contribution >= 4 is 5.91 Å². The first-order valence-corrected chi connectivity index (χ1v) is 5.02. The first kappa shape index (κ1) is 13.5. The van der Waals surface area contributed by atoms with Crippen LogP contribution in [-0.2, 0) is 11.2 Å². The second-order valence-electron chi connectivity index (χ2n) is 3.57. The lowest BCUT2D eigenvalue weighted by Crippen LogP contribution is -2.34. The van der Waals surface area contributed by atoms with Crippen molar-refractivity contribution in [3.8, 4) is 0 Å². The smallest absolute Gasteiger partial charge is 0.224 e. The minimum absolute atomic E-state index is 0.0843. The maximum Gasteiger partial charge on any atom is 0.224 e. The maximum atomic E-state index is 12.8. The van der Waals surface area contributed by atoms with Crippen molar-refractivity contribution in [1.29, 1.82) is 0 Å². The average molecular weight is 245 g/mol. The van der Waals surface area contributed by atoms with E-state index in [0.717, 1.165) is 12.1 Å². The van der Waals surface area contributed by atoms with Gasteiger partial charge in [-0.05, 0) is 17.7 Å². The van der Waals surface area contributed by atoms with Crippen LogP contribution in [0.3, 0.4) is 0 Å². The van der Waals surface area contributed by atoms with Gasteiger partial charge in [0.15, 0.2) is 11.6 Å². The molecule has 0 fully saturated rings. The summed E-state index contributed by atoms with van der Waals surface area (Å²) in [5, 5.41) is 19.8. The average Bonchev–Trinajstić information content (AvgIpc) is 2.31. The molecule has 3 N–H and O–H groups in total. The number of carbonyl (C=O) groups excluding carboxylic acids is 1. The number of hydrogen-bond acceptors (Lipinski definition) is 3. The SMILES string of the molecule is O=C(Cc1ccc(F)c(F)c1)NCC(O)CO. The van der Waals surface area contributed by atoms with Crippen LogP contribution in [0.25, 0.3) is 0 Å². The van der Waals surface area contributed by atoms with Gasteiger partial charge in [0.2, 0.25) is 5.91 Å². The van der Waals surface area contributed by atoms with E-state index in [-0.39, 0.29) is 13.0 Å². The molecule has 94 valence electrons. The van der Waals surface area contributed by atoms with Gasteiger partial charge in [-0.2, -0.15) is 0 Å². The Kier molecular flexibility index (Phi) is 4.99. The Bertz CT molecular complexity index is 398. The molecule has 0 spiro atoms. The predicted octanol–water partition coefficient (Wildman–Crippen LogP) is -0.0233. The fourth-order valence-electron chi connectivity index (χ4n) is 1.19. The van der Waals surface area contributed by atoms with E-state index >= 15 is 0 Å². The third-order valence-corrected chi connectivity index (χ3v) is 2.09. The molecule has 0 aromatic heterocycles. The summed E-state index contributed by atoms with van der Waals surface area (Å²) in [6.07, 6.45) is -1.14. The molecular weight excluding hydrogens is 232 g/mol. The number of rotatable bonds is 5. The molecule has 1 amide bonds. The molecule has 0 saturated carbocycles. The van der Waals surface area contributed by atoms with Gasteiger partial charge in [0.25, 0.3) is 0 Å². The van der Waals surface area contributed by atoms with Crippen LogP contribution >= 0.6 is 0 Å². The molecule has 0 aliphatic rings. The summed E-state index contributed by atoms with van der Waals surface area (Å²) in [5.74, 6) is -2.42. The highest BCUT2D eigenvalue weighted by Crippen LogP contribution is 2.09. The lowest BCUT2D eigenvalue weighted by atomic mass is 10.1. The highest BCUT2D eigenvalue weighted by Gasteiger charge is 2.08. The van der Waals surface area contributed by atoms with Crippen molar-refractivity contribution in [2.75, 3.05) is 13.2 Å². The first-order chi connectivity index (χ1) is 8.02. The van der Waals surface area contributed by atoms with Crippen LogP contribution in [0.5, 0.6) is 0 Å². The molecule has 1 atom stereocenters. The van der Waals surface area contributed by atoms with Crippen molar-refractivity contribution < 1.29 is 23.8 Å². The standard InChI is InChI=1S/C11H13F2NO3/c12-9-2-1-7(3-10(9)13)4-11(17)14-5-8(16)6-15/h1-3,8,15-16H,4-6H2,(H,14,17). The molecule has 6 heteroatoms. The van der Waals surface area contributed by atoms with Crippen LogP contribution in [0.2, 0.25) is 0 Å². The molecule has 17 heavy (non-hydrogen) atoms. The molecule has 1 rings (SSSR count). The topological polar surface area (TPSA) is 69.6 Å². The van der Waals surface area contributed by atoms with E-state index in [1.807, 2.05) is 0 Å². The summed E-state index contributed by atoms with van der Waals surface area (Å²) in [5.41, 5.74) is 0.333. The van der Waals surface area contributed by atoms with Crippen LogP contribution in [-0.4, -0.2) is 35.4 Å². The second kappa shape index (κ2) is 6.27. The monoisotopic (exact) mass is 245 g/mol. The van der Waals surface area contributed by atoms with E-state index in [2.05, 4.69) is 5.32 Å². The van der Waals surface area contributed by atoms with Crippen LogP contribution in [0.1, 0.15) is 5.56 Å². The van der Waals surface area contributed by atoms with Crippen molar-refractivity contribution in [3.05, 3.63) is 35.4 Å². The molecule has 1 aromatic rings. The Morgan fingerprint density at radius 2 is 2.06 bits per heavy atom. The lowest BCUT2D eigenvalue weighted by molar-refractivity contribution is -0.121. The van der Waals surface area contributed by atoms with Crippen LogP contribution in [0.4, 0.5) is 8.78 Å². The zero-order valence-corrected chi connectivity index (χ0v) is 8.99. The molecule has 0 heterocycles. The Morgan fingerprint density at radius 3 is 2.65 bits per heavy atom. The summed E-state index contributed by atoms with van der Waals surface area (Å²) < 4.78 is 25.4. The summed E-state index contributed by atoms with van der Waals surface area (Å²) in [6, 6.07) is 3.19. The van der Waals surface area contributed by atoms with Gasteiger partial charge < -0.3 is 15.5 Å². The molecule has 0 aliphatic heterocycles. The Hall–Kier alpha value is -1.53. The molecule has 4 nitrogen and oxygen atoms in total. The van der Waals surface area contributed by atoms with Crippen LogP contribution < -0.4 is 5.32 Å². The number of nitrogens with one attached hydrogen (secondary N) is 1. The number of carbonyl (C=O) groups is 1. The largest absolute Gasteiger partial charge is 0.394 e. The van der Waals surface area contributed by atoms with Gasteiger partial charge >= 0.3 is 0 Å². The van der Waals surface area contributed by atoms with Gasteiger partial charge in [-0.25, -0.2) is 8.78 Å². The van der Waals surface area contributed by atoms with Gasteiger partial charge in [-0.3, -0.25) is 4.79 Å². The predicted molar refractivity (Wildman–Crippen MR) is 56.2 cm³/mol. The number of amides is 1. The number of aliphatic hydroxyl groups is 2. The third kappa shape index (κ3) is 4.46. The first-order valence-electron chi connectivity index (χ1n) is 5.02. The molecular formula is C11H13F2NO3. The van der Waals surface area contributed by atoms with Crippen molar-refractivity contribution in [2.45, 2.75) is 12.5 Å². The number of aliphatic hydroxyl groups excluding tert-OH is 2. The Balaban J connectivity index is 2.48. The number of halogens is 2. The van der Waals surface area contributed by atoms with Crippen molar-refractivity contribution in [1.82, 2.24) is 5.32 Å². The van der Waals surface area contributed by atoms with E-state index in [1.165, 1.54) is 6.07 Å². The van der Waals surface area contributed by atoms with Crippen LogP contribution in [0.15, 0.2) is 18.2 Å². The quantitative estimate of drug-likeness (QED) is 0.682. The van der Waals surface area contributed by atoms with E-state index in [4.69, 9.17) is 10.2 Å². The van der Waals surface area contributed by atoms with Gasteiger partial charge in [0, 0.05) is 6.54 Å². The zero-order chi connectivity index (χ0) is 12.8. The summed E-state index contributed by atoms with van der Waals surface area (Å²) in [6.45, 7) is -0.537. The Morgan fingerprint density at radius 1 is 1.35 bits per heavy atom. The van der Waals surface area contributed by atoms with E-state index < -0.39 is 30.3 Å². The minimum Gasteiger partial charge on any atom is -0.394 e. The lowest BCUT2D eigenvalue weighted by Gasteiger charge is -2.09.